The van der Waals surface area contributed by atoms with Crippen molar-refractivity contribution in [2.75, 3.05) is 38.2 Å². The van der Waals surface area contributed by atoms with Crippen LogP contribution < -0.4 is 10.1 Å². The molecule has 1 N–H and O–H groups in total. The number of ether oxygens (including phenoxy) is 2. The van der Waals surface area contributed by atoms with E-state index in [4.69, 9.17) is 21.1 Å². The van der Waals surface area contributed by atoms with E-state index in [1.54, 1.807) is 41.8 Å². The summed E-state index contributed by atoms with van der Waals surface area (Å²) >= 11 is 7.24. The fourth-order valence-corrected chi connectivity index (χ4v) is 5.53. The summed E-state index contributed by atoms with van der Waals surface area (Å²) in [5.41, 5.74) is 2.26. The number of rotatable bonds is 7. The van der Waals surface area contributed by atoms with E-state index in [9.17, 15) is 13.2 Å². The second-order valence-corrected chi connectivity index (χ2v) is 10.6. The van der Waals surface area contributed by atoms with Crippen molar-refractivity contribution in [2.45, 2.75) is 11.8 Å². The number of sulfonamides is 1. The molecule has 11 heteroatoms. The molecule has 174 valence electrons. The van der Waals surface area contributed by atoms with Gasteiger partial charge >= 0.3 is 0 Å². The Kier molecular flexibility index (Phi) is 7.30. The fraction of sp³-hybridized carbons (Fsp3) is 0.273. The maximum absolute atomic E-state index is 12.8. The minimum atomic E-state index is -3.55. The molecule has 33 heavy (non-hydrogen) atoms. The Bertz CT molecular complexity index is 1240. The number of carbonyl (C=O) groups is 1. The predicted octanol–water partition coefficient (Wildman–Crippen LogP) is 3.81. The van der Waals surface area contributed by atoms with Gasteiger partial charge in [0.15, 0.2) is 11.7 Å². The Balaban J connectivity index is 1.37. The topological polar surface area (TPSA) is 97.8 Å². The summed E-state index contributed by atoms with van der Waals surface area (Å²) in [7, 11) is -3.55. The number of nitrogens with zero attached hydrogens (tertiary/aromatic N) is 2. The Hall–Kier alpha value is -2.50. The average molecular weight is 508 g/mol. The van der Waals surface area contributed by atoms with Crippen LogP contribution in [-0.2, 0) is 19.6 Å². The highest BCUT2D eigenvalue weighted by Crippen LogP contribution is 2.27. The summed E-state index contributed by atoms with van der Waals surface area (Å²) < 4.78 is 37.7. The van der Waals surface area contributed by atoms with Crippen LogP contribution in [0.4, 0.5) is 5.13 Å². The van der Waals surface area contributed by atoms with Gasteiger partial charge in [-0.05, 0) is 36.8 Å². The van der Waals surface area contributed by atoms with E-state index in [1.165, 1.54) is 15.6 Å². The fourth-order valence-electron chi connectivity index (χ4n) is 3.23. The Labute approximate surface area is 201 Å². The summed E-state index contributed by atoms with van der Waals surface area (Å²) in [6, 6.07) is 11.8. The molecule has 0 unspecified atom stereocenters. The van der Waals surface area contributed by atoms with Crippen LogP contribution in [0, 0.1) is 6.92 Å². The smallest absolute Gasteiger partial charge is 0.264 e. The summed E-state index contributed by atoms with van der Waals surface area (Å²) in [6.07, 6.45) is 0. The van der Waals surface area contributed by atoms with Gasteiger partial charge in [-0.15, -0.1) is 11.3 Å². The van der Waals surface area contributed by atoms with Crippen LogP contribution in [0.3, 0.4) is 0 Å². The van der Waals surface area contributed by atoms with Gasteiger partial charge in [-0.3, -0.25) is 10.1 Å². The van der Waals surface area contributed by atoms with Crippen molar-refractivity contribution in [1.82, 2.24) is 9.29 Å². The first-order chi connectivity index (χ1) is 15.8. The van der Waals surface area contributed by atoms with Crippen molar-refractivity contribution in [1.29, 1.82) is 0 Å². The summed E-state index contributed by atoms with van der Waals surface area (Å²) in [5, 5.41) is 5.46. The van der Waals surface area contributed by atoms with Gasteiger partial charge in [0.05, 0.1) is 23.8 Å². The largest absolute Gasteiger partial charge is 0.483 e. The molecular weight excluding hydrogens is 486 g/mol. The second-order valence-electron chi connectivity index (χ2n) is 7.33. The van der Waals surface area contributed by atoms with Crippen LogP contribution in [0.15, 0.2) is 52.7 Å². The van der Waals surface area contributed by atoms with Crippen LogP contribution in [0.5, 0.6) is 5.75 Å². The van der Waals surface area contributed by atoms with Crippen molar-refractivity contribution < 1.29 is 22.7 Å². The molecule has 0 aliphatic carbocycles. The molecular formula is C22H22ClN3O5S2. The van der Waals surface area contributed by atoms with E-state index in [0.29, 0.717) is 47.9 Å². The van der Waals surface area contributed by atoms with E-state index in [-0.39, 0.29) is 17.4 Å². The number of carbonyl (C=O) groups excluding carboxylic acids is 1. The van der Waals surface area contributed by atoms with Crippen LogP contribution in [-0.4, -0.2) is 56.5 Å². The van der Waals surface area contributed by atoms with Gasteiger partial charge in [0.2, 0.25) is 10.0 Å². The molecule has 1 fully saturated rings. The van der Waals surface area contributed by atoms with Crippen molar-refractivity contribution in [3.05, 3.63) is 58.4 Å². The molecule has 8 nitrogen and oxygen atoms in total. The number of anilines is 1. The number of nitrogens with one attached hydrogen (secondary N) is 1. The van der Waals surface area contributed by atoms with Crippen molar-refractivity contribution >= 4 is 44.0 Å². The van der Waals surface area contributed by atoms with Crippen molar-refractivity contribution in [3.63, 3.8) is 0 Å². The quantitative estimate of drug-likeness (QED) is 0.522. The molecule has 3 aromatic rings. The van der Waals surface area contributed by atoms with Crippen LogP contribution in [0.25, 0.3) is 11.3 Å². The highest BCUT2D eigenvalue weighted by Gasteiger charge is 2.26. The van der Waals surface area contributed by atoms with E-state index in [2.05, 4.69) is 10.3 Å². The lowest BCUT2D eigenvalue weighted by molar-refractivity contribution is -0.118. The van der Waals surface area contributed by atoms with Gasteiger partial charge < -0.3 is 9.47 Å². The molecule has 4 rings (SSSR count). The number of benzene rings is 2. The van der Waals surface area contributed by atoms with Gasteiger partial charge in [0.1, 0.15) is 5.75 Å². The number of aromatic nitrogens is 1. The molecule has 0 radical (unpaired) electrons. The van der Waals surface area contributed by atoms with Crippen LogP contribution >= 0.6 is 22.9 Å². The predicted molar refractivity (Wildman–Crippen MR) is 127 cm³/mol. The Morgan fingerprint density at radius 3 is 2.67 bits per heavy atom. The monoisotopic (exact) mass is 507 g/mol. The third-order valence-corrected chi connectivity index (χ3v) is 7.92. The van der Waals surface area contributed by atoms with Gasteiger partial charge in [-0.25, -0.2) is 13.4 Å². The Morgan fingerprint density at radius 1 is 1.21 bits per heavy atom. The van der Waals surface area contributed by atoms with Gasteiger partial charge in [-0.1, -0.05) is 29.8 Å². The number of hydrogen-bond acceptors (Lipinski definition) is 7. The molecule has 2 aromatic carbocycles. The van der Waals surface area contributed by atoms with E-state index in [0.717, 1.165) is 11.1 Å². The first kappa shape index (κ1) is 23.7. The summed E-state index contributed by atoms with van der Waals surface area (Å²) in [4.78, 5) is 16.9. The lowest BCUT2D eigenvalue weighted by atomic mass is 10.2. The van der Waals surface area contributed by atoms with E-state index < -0.39 is 10.0 Å². The zero-order chi connectivity index (χ0) is 23.4. The zero-order valence-corrected chi connectivity index (χ0v) is 20.2. The van der Waals surface area contributed by atoms with Crippen LogP contribution in [0.1, 0.15) is 5.56 Å². The molecule has 1 saturated heterocycles. The first-order valence-electron chi connectivity index (χ1n) is 10.2. The van der Waals surface area contributed by atoms with Gasteiger partial charge in [-0.2, -0.15) is 4.31 Å². The highest BCUT2D eigenvalue weighted by molar-refractivity contribution is 7.89. The number of halogens is 1. The maximum atomic E-state index is 12.8. The first-order valence-corrected chi connectivity index (χ1v) is 12.9. The van der Waals surface area contributed by atoms with E-state index >= 15 is 0 Å². The van der Waals surface area contributed by atoms with Crippen molar-refractivity contribution in [3.8, 4) is 17.0 Å². The molecule has 0 bridgehead atoms. The minimum absolute atomic E-state index is 0.176. The minimum Gasteiger partial charge on any atom is -0.483 e. The summed E-state index contributed by atoms with van der Waals surface area (Å²) in [5.74, 6) is 0.201. The van der Waals surface area contributed by atoms with E-state index in [1.807, 2.05) is 13.0 Å². The van der Waals surface area contributed by atoms with Gasteiger partial charge in [0, 0.05) is 29.1 Å². The number of amides is 1. The maximum Gasteiger partial charge on any atom is 0.264 e. The molecule has 1 amide bonds. The molecule has 0 spiro atoms. The van der Waals surface area contributed by atoms with Gasteiger partial charge in [0.25, 0.3) is 5.91 Å². The summed E-state index contributed by atoms with van der Waals surface area (Å²) in [6.45, 7) is 3.18. The molecule has 0 atom stereocenters. The average Bonchev–Trinajstić information content (AvgIpc) is 3.28. The molecule has 2 heterocycles. The zero-order valence-electron chi connectivity index (χ0n) is 17.8. The number of morpholine rings is 1. The molecule has 1 aromatic heterocycles. The highest BCUT2D eigenvalue weighted by atomic mass is 35.5. The Morgan fingerprint density at radius 2 is 1.94 bits per heavy atom. The normalized spacial score (nSPS) is 14.7. The van der Waals surface area contributed by atoms with Crippen molar-refractivity contribution in [2.24, 2.45) is 0 Å². The second kappa shape index (κ2) is 10.2. The molecule has 0 saturated carbocycles. The lowest BCUT2D eigenvalue weighted by Gasteiger charge is -2.26. The molecule has 1 aliphatic rings. The third-order valence-electron chi connectivity index (χ3n) is 5.02. The molecule has 1 aliphatic heterocycles. The standard InChI is InChI=1S/C22H22ClN3O5S2/c1-15-2-5-17(23)12-20(15)31-13-21(27)25-22-24-19(14-32-22)16-3-6-18(7-4-16)33(28,29)26-8-10-30-11-9-26/h2-7,12,14H,8-11,13H2,1H3,(H,24,25,27). The SMILES string of the molecule is Cc1ccc(Cl)cc1OCC(=O)Nc1nc(-c2ccc(S(=O)(=O)N3CCOCC3)cc2)cs1. The third kappa shape index (κ3) is 5.71. The number of thiazole rings is 1. The van der Waals surface area contributed by atoms with Crippen LogP contribution in [0.2, 0.25) is 5.02 Å². The number of hydrogen-bond donors (Lipinski definition) is 1. The lowest BCUT2D eigenvalue weighted by Crippen LogP contribution is -2.40. The number of aryl methyl sites for hydroxylation is 1.